The number of carbonyl (C=O) groups is 1. The third-order valence-electron chi connectivity index (χ3n) is 3.71. The van der Waals surface area contributed by atoms with Gasteiger partial charge in [0, 0.05) is 18.7 Å². The number of aldehydes is 1. The zero-order valence-electron chi connectivity index (χ0n) is 11.9. The number of nitro groups is 1. The Hall–Kier alpha value is -2.61. The molecule has 8 heteroatoms. The zero-order chi connectivity index (χ0) is 15.7. The molecule has 0 saturated carbocycles. The fourth-order valence-electron chi connectivity index (χ4n) is 2.60. The molecule has 1 atom stereocenters. The number of aromatic nitrogens is 3. The Morgan fingerprint density at radius 2 is 2.32 bits per heavy atom. The van der Waals surface area contributed by atoms with Crippen molar-refractivity contribution in [3.8, 4) is 5.69 Å². The first-order chi connectivity index (χ1) is 10.6. The van der Waals surface area contributed by atoms with E-state index >= 15 is 0 Å². The summed E-state index contributed by atoms with van der Waals surface area (Å²) >= 11 is 0. The molecule has 0 aliphatic carbocycles. The van der Waals surface area contributed by atoms with E-state index in [1.165, 1.54) is 16.8 Å². The van der Waals surface area contributed by atoms with Gasteiger partial charge in [-0.1, -0.05) is 11.3 Å². The monoisotopic (exact) mass is 302 g/mol. The van der Waals surface area contributed by atoms with Gasteiger partial charge in [-0.25, -0.2) is 4.68 Å². The number of benzene rings is 1. The number of non-ortho nitro benzene ring substituents is 1. The van der Waals surface area contributed by atoms with Gasteiger partial charge in [-0.2, -0.15) is 0 Å². The van der Waals surface area contributed by atoms with E-state index in [1.807, 2.05) is 6.92 Å². The second-order valence-electron chi connectivity index (χ2n) is 5.12. The second-order valence-corrected chi connectivity index (χ2v) is 5.12. The van der Waals surface area contributed by atoms with Crippen molar-refractivity contribution < 1.29 is 14.5 Å². The number of ether oxygens (including phenoxy) is 1. The Labute approximate surface area is 125 Å². The van der Waals surface area contributed by atoms with Crippen molar-refractivity contribution in [3.05, 3.63) is 45.3 Å². The number of hydrogen-bond donors (Lipinski definition) is 0. The molecular weight excluding hydrogens is 288 g/mol. The van der Waals surface area contributed by atoms with E-state index in [0.717, 1.165) is 18.4 Å². The van der Waals surface area contributed by atoms with Crippen molar-refractivity contribution in [1.29, 1.82) is 0 Å². The van der Waals surface area contributed by atoms with Crippen molar-refractivity contribution in [1.82, 2.24) is 15.0 Å². The number of carbonyl (C=O) groups excluding carboxylic acids is 1. The normalized spacial score (nSPS) is 17.6. The van der Waals surface area contributed by atoms with Gasteiger partial charge in [0.25, 0.3) is 5.69 Å². The molecule has 2 aromatic rings. The summed E-state index contributed by atoms with van der Waals surface area (Å²) < 4.78 is 7.10. The predicted octanol–water partition coefficient (Wildman–Crippen LogP) is 2.15. The minimum Gasteiger partial charge on any atom is -0.372 e. The van der Waals surface area contributed by atoms with Gasteiger partial charge in [-0.3, -0.25) is 14.9 Å². The Balaban J connectivity index is 2.16. The highest BCUT2D eigenvalue weighted by Gasteiger charge is 2.28. The van der Waals surface area contributed by atoms with Gasteiger partial charge in [0.2, 0.25) is 0 Å². The molecule has 1 aromatic heterocycles. The van der Waals surface area contributed by atoms with Gasteiger partial charge in [0.05, 0.1) is 10.6 Å². The van der Waals surface area contributed by atoms with Gasteiger partial charge in [0.1, 0.15) is 11.8 Å². The van der Waals surface area contributed by atoms with Crippen LogP contribution in [0.15, 0.2) is 18.2 Å². The molecule has 0 bridgehead atoms. The number of rotatable bonds is 4. The Bertz CT molecular complexity index is 734. The number of nitrogens with zero attached hydrogens (tertiary/aromatic N) is 4. The Morgan fingerprint density at radius 3 is 2.95 bits per heavy atom. The summed E-state index contributed by atoms with van der Waals surface area (Å²) in [7, 11) is 0. The molecule has 1 saturated heterocycles. The van der Waals surface area contributed by atoms with Crippen LogP contribution in [0.5, 0.6) is 0 Å². The summed E-state index contributed by atoms with van der Waals surface area (Å²) in [5.41, 5.74) is 2.04. The standard InChI is InChI=1S/C14H14N4O4/c1-9-4-5-10(18(20)21)7-12(9)17-14(11(8-19)15-16-17)13-3-2-6-22-13/h4-5,7-8,13H,2-3,6H2,1H3. The minimum absolute atomic E-state index is 0.0398. The minimum atomic E-state index is -0.466. The quantitative estimate of drug-likeness (QED) is 0.487. The molecule has 3 rings (SSSR count). The summed E-state index contributed by atoms with van der Waals surface area (Å²) in [6.07, 6.45) is 2.02. The fourth-order valence-corrected chi connectivity index (χ4v) is 2.60. The van der Waals surface area contributed by atoms with Crippen LogP contribution in [0.3, 0.4) is 0 Å². The van der Waals surface area contributed by atoms with E-state index in [-0.39, 0.29) is 17.5 Å². The molecule has 22 heavy (non-hydrogen) atoms. The molecule has 0 radical (unpaired) electrons. The van der Waals surface area contributed by atoms with Crippen LogP contribution in [0.25, 0.3) is 5.69 Å². The summed E-state index contributed by atoms with van der Waals surface area (Å²) in [5.74, 6) is 0. The van der Waals surface area contributed by atoms with Crippen LogP contribution in [0.1, 0.15) is 40.7 Å². The van der Waals surface area contributed by atoms with Crippen molar-refractivity contribution in [2.24, 2.45) is 0 Å². The van der Waals surface area contributed by atoms with Gasteiger partial charge < -0.3 is 4.74 Å². The average molecular weight is 302 g/mol. The molecular formula is C14H14N4O4. The summed E-state index contributed by atoms with van der Waals surface area (Å²) in [4.78, 5) is 21.7. The van der Waals surface area contributed by atoms with Crippen molar-refractivity contribution in [2.75, 3.05) is 6.61 Å². The van der Waals surface area contributed by atoms with Crippen molar-refractivity contribution in [2.45, 2.75) is 25.9 Å². The smallest absolute Gasteiger partial charge is 0.271 e. The maximum Gasteiger partial charge on any atom is 0.271 e. The highest BCUT2D eigenvalue weighted by atomic mass is 16.6. The van der Waals surface area contributed by atoms with Gasteiger partial charge in [0.15, 0.2) is 12.0 Å². The number of aryl methyl sites for hydroxylation is 1. The third kappa shape index (κ3) is 2.37. The van der Waals surface area contributed by atoms with Crippen LogP contribution in [0.4, 0.5) is 5.69 Å². The van der Waals surface area contributed by atoms with Crippen LogP contribution >= 0.6 is 0 Å². The molecule has 114 valence electrons. The Morgan fingerprint density at radius 1 is 1.50 bits per heavy atom. The summed E-state index contributed by atoms with van der Waals surface area (Å²) in [6, 6.07) is 4.51. The number of hydrogen-bond acceptors (Lipinski definition) is 6. The van der Waals surface area contributed by atoms with E-state index in [4.69, 9.17) is 4.74 Å². The first-order valence-electron chi connectivity index (χ1n) is 6.89. The topological polar surface area (TPSA) is 100 Å². The molecule has 8 nitrogen and oxygen atoms in total. The maximum atomic E-state index is 11.2. The molecule has 0 spiro atoms. The molecule has 1 fully saturated rings. The molecule has 1 aliphatic rings. The van der Waals surface area contributed by atoms with Crippen LogP contribution in [-0.2, 0) is 4.74 Å². The van der Waals surface area contributed by atoms with Gasteiger partial charge >= 0.3 is 0 Å². The first kappa shape index (κ1) is 14.3. The first-order valence-corrected chi connectivity index (χ1v) is 6.89. The molecule has 2 heterocycles. The van der Waals surface area contributed by atoms with Crippen LogP contribution < -0.4 is 0 Å². The van der Waals surface area contributed by atoms with Crippen LogP contribution in [-0.4, -0.2) is 32.8 Å². The van der Waals surface area contributed by atoms with Gasteiger partial charge in [-0.15, -0.1) is 5.10 Å². The molecule has 1 aromatic carbocycles. The van der Waals surface area contributed by atoms with Crippen LogP contribution in [0, 0.1) is 17.0 Å². The van der Waals surface area contributed by atoms with Crippen molar-refractivity contribution in [3.63, 3.8) is 0 Å². The lowest BCUT2D eigenvalue weighted by molar-refractivity contribution is -0.384. The Kier molecular flexibility index (Phi) is 3.68. The zero-order valence-corrected chi connectivity index (χ0v) is 11.9. The van der Waals surface area contributed by atoms with Crippen molar-refractivity contribution >= 4 is 12.0 Å². The van der Waals surface area contributed by atoms with E-state index in [1.54, 1.807) is 6.07 Å². The van der Waals surface area contributed by atoms with E-state index < -0.39 is 4.92 Å². The lowest BCUT2D eigenvalue weighted by atomic mass is 10.1. The highest BCUT2D eigenvalue weighted by molar-refractivity contribution is 5.74. The molecule has 1 aliphatic heterocycles. The lowest BCUT2D eigenvalue weighted by Crippen LogP contribution is -2.10. The fraction of sp³-hybridized carbons (Fsp3) is 0.357. The maximum absolute atomic E-state index is 11.2. The van der Waals surface area contributed by atoms with Gasteiger partial charge in [-0.05, 0) is 25.3 Å². The number of nitro benzene ring substituents is 1. The molecule has 0 N–H and O–H groups in total. The highest BCUT2D eigenvalue weighted by Crippen LogP contribution is 2.32. The largest absolute Gasteiger partial charge is 0.372 e. The summed E-state index contributed by atoms with van der Waals surface area (Å²) in [6.45, 7) is 2.43. The van der Waals surface area contributed by atoms with E-state index in [0.29, 0.717) is 24.3 Å². The average Bonchev–Trinajstić information content (AvgIpc) is 3.15. The van der Waals surface area contributed by atoms with E-state index in [2.05, 4.69) is 10.3 Å². The third-order valence-corrected chi connectivity index (χ3v) is 3.71. The summed E-state index contributed by atoms with van der Waals surface area (Å²) in [5, 5.41) is 18.8. The van der Waals surface area contributed by atoms with E-state index in [9.17, 15) is 14.9 Å². The lowest BCUT2D eigenvalue weighted by Gasteiger charge is -2.13. The SMILES string of the molecule is Cc1ccc([N+](=O)[O-])cc1-n1nnc(C=O)c1C1CCCO1. The second kappa shape index (κ2) is 5.64. The molecule has 0 amide bonds. The molecule has 1 unspecified atom stereocenters. The predicted molar refractivity (Wildman–Crippen MR) is 76.1 cm³/mol. The van der Waals surface area contributed by atoms with Crippen LogP contribution in [0.2, 0.25) is 0 Å².